The Morgan fingerprint density at radius 1 is 0.939 bits per heavy atom. The molecule has 0 aromatic heterocycles. The van der Waals surface area contributed by atoms with Crippen molar-refractivity contribution in [3.8, 4) is 0 Å². The van der Waals surface area contributed by atoms with E-state index in [0.717, 1.165) is 44.5 Å². The maximum Gasteiger partial charge on any atom is 0.227 e. The molecule has 4 heteroatoms. The molecule has 4 nitrogen and oxygen atoms in total. The van der Waals surface area contributed by atoms with E-state index in [4.69, 9.17) is 0 Å². The van der Waals surface area contributed by atoms with Crippen LogP contribution in [-0.4, -0.2) is 35.8 Å². The number of fused-ring (bicyclic) bond motifs is 5. The first kappa shape index (κ1) is 22.9. The van der Waals surface area contributed by atoms with Crippen LogP contribution in [0.1, 0.15) is 79.1 Å². The van der Waals surface area contributed by atoms with Crippen LogP contribution >= 0.6 is 0 Å². The molecular weight excluding hydrogens is 408 g/mol. The van der Waals surface area contributed by atoms with Gasteiger partial charge in [0.1, 0.15) is 0 Å². The highest BCUT2D eigenvalue weighted by molar-refractivity contribution is 5.95. The Kier molecular flexibility index (Phi) is 5.86. The largest absolute Gasteiger partial charge is 0.343 e. The zero-order valence-electron chi connectivity index (χ0n) is 21.1. The summed E-state index contributed by atoms with van der Waals surface area (Å²) in [4.78, 5) is 30.8. The maximum absolute atomic E-state index is 13.4. The summed E-state index contributed by atoms with van der Waals surface area (Å²) in [7, 11) is 0. The first-order valence-electron chi connectivity index (χ1n) is 13.5. The lowest BCUT2D eigenvalue weighted by Crippen LogP contribution is -2.62. The van der Waals surface area contributed by atoms with E-state index in [2.05, 4.69) is 61.8 Å². The molecule has 7 atom stereocenters. The smallest absolute Gasteiger partial charge is 0.227 e. The van der Waals surface area contributed by atoms with Crippen molar-refractivity contribution in [1.82, 2.24) is 4.90 Å². The van der Waals surface area contributed by atoms with E-state index in [1.807, 2.05) is 6.07 Å². The first-order chi connectivity index (χ1) is 15.8. The van der Waals surface area contributed by atoms with Gasteiger partial charge in [0.05, 0.1) is 0 Å². The number of hydrogen-bond donors (Lipinski definition) is 0. The Hall–Kier alpha value is -1.84. The highest BCUT2D eigenvalue weighted by Crippen LogP contribution is 2.66. The molecule has 6 unspecified atom stereocenters. The van der Waals surface area contributed by atoms with Crippen LogP contribution in [0, 0.1) is 34.5 Å². The van der Waals surface area contributed by atoms with Crippen molar-refractivity contribution >= 4 is 17.5 Å². The normalized spacial score (nSPS) is 40.1. The third-order valence-electron chi connectivity index (χ3n) is 10.7. The highest BCUT2D eigenvalue weighted by atomic mass is 16.2. The number of carbonyl (C=O) groups is 2. The molecule has 4 aliphatic rings. The molecule has 0 radical (unpaired) electrons. The summed E-state index contributed by atoms with van der Waals surface area (Å²) in [6, 6.07) is 10.7. The minimum atomic E-state index is 0.146. The van der Waals surface area contributed by atoms with Crippen molar-refractivity contribution in [3.63, 3.8) is 0 Å². The quantitative estimate of drug-likeness (QED) is 0.572. The SMILES string of the molecule is CCN(CC)C(=O)[C@H]1CCC2C3CCC4N(c5ccccc5)C(=O)CCC4(C)C3CCC21C. The second-order valence-electron chi connectivity index (χ2n) is 11.8. The van der Waals surface area contributed by atoms with Gasteiger partial charge in [0.25, 0.3) is 0 Å². The molecule has 1 aliphatic heterocycles. The molecule has 1 saturated heterocycles. The van der Waals surface area contributed by atoms with Gasteiger partial charge in [-0.1, -0.05) is 32.0 Å². The predicted octanol–water partition coefficient (Wildman–Crippen LogP) is 5.91. The van der Waals surface area contributed by atoms with Crippen molar-refractivity contribution in [2.45, 2.75) is 85.1 Å². The number of hydrogen-bond acceptors (Lipinski definition) is 2. The van der Waals surface area contributed by atoms with Gasteiger partial charge in [0, 0.05) is 37.2 Å². The van der Waals surface area contributed by atoms with Gasteiger partial charge in [-0.15, -0.1) is 0 Å². The van der Waals surface area contributed by atoms with Gasteiger partial charge >= 0.3 is 0 Å². The molecule has 4 fully saturated rings. The van der Waals surface area contributed by atoms with Crippen LogP contribution in [0.4, 0.5) is 5.69 Å². The van der Waals surface area contributed by atoms with Gasteiger partial charge in [0.2, 0.25) is 11.8 Å². The molecule has 1 aromatic carbocycles. The number of nitrogens with zero attached hydrogens (tertiary/aromatic N) is 2. The fourth-order valence-corrected chi connectivity index (χ4v) is 8.96. The van der Waals surface area contributed by atoms with Crippen LogP contribution in [0.2, 0.25) is 0 Å². The Labute approximate surface area is 200 Å². The molecule has 2 amide bonds. The Bertz CT molecular complexity index is 896. The molecule has 3 saturated carbocycles. The van der Waals surface area contributed by atoms with Crippen LogP contribution in [0.15, 0.2) is 30.3 Å². The van der Waals surface area contributed by atoms with Gasteiger partial charge in [-0.3, -0.25) is 9.59 Å². The third kappa shape index (κ3) is 3.38. The van der Waals surface area contributed by atoms with Gasteiger partial charge in [-0.05, 0) is 99.5 Å². The Morgan fingerprint density at radius 2 is 1.64 bits per heavy atom. The fourth-order valence-electron chi connectivity index (χ4n) is 8.96. The lowest BCUT2D eigenvalue weighted by molar-refractivity contribution is -0.145. The minimum absolute atomic E-state index is 0.146. The lowest BCUT2D eigenvalue weighted by atomic mass is 9.46. The van der Waals surface area contributed by atoms with Gasteiger partial charge in [-0.2, -0.15) is 0 Å². The molecule has 0 N–H and O–H groups in total. The summed E-state index contributed by atoms with van der Waals surface area (Å²) in [6.07, 6.45) is 8.63. The summed E-state index contributed by atoms with van der Waals surface area (Å²) in [5, 5.41) is 0. The van der Waals surface area contributed by atoms with E-state index in [0.29, 0.717) is 42.0 Å². The van der Waals surface area contributed by atoms with Crippen LogP contribution < -0.4 is 4.90 Å². The minimum Gasteiger partial charge on any atom is -0.343 e. The van der Waals surface area contributed by atoms with E-state index < -0.39 is 0 Å². The van der Waals surface area contributed by atoms with Crippen molar-refractivity contribution in [2.24, 2.45) is 34.5 Å². The van der Waals surface area contributed by atoms with E-state index in [9.17, 15) is 9.59 Å². The van der Waals surface area contributed by atoms with Gasteiger partial charge in [-0.25, -0.2) is 0 Å². The summed E-state index contributed by atoms with van der Waals surface area (Å²) in [5.41, 5.74) is 1.39. The second-order valence-corrected chi connectivity index (χ2v) is 11.8. The third-order valence-corrected chi connectivity index (χ3v) is 10.7. The average Bonchev–Trinajstić information content (AvgIpc) is 3.18. The number of anilines is 1. The van der Waals surface area contributed by atoms with Crippen LogP contribution in [-0.2, 0) is 9.59 Å². The second kappa shape index (κ2) is 8.43. The summed E-state index contributed by atoms with van der Waals surface area (Å²) in [6.45, 7) is 10.8. The fraction of sp³-hybridized carbons (Fsp3) is 0.724. The zero-order valence-corrected chi connectivity index (χ0v) is 21.1. The number of carbonyl (C=O) groups excluding carboxylic acids is 2. The highest BCUT2D eigenvalue weighted by Gasteiger charge is 2.62. The van der Waals surface area contributed by atoms with Crippen molar-refractivity contribution in [2.75, 3.05) is 18.0 Å². The molecule has 3 aliphatic carbocycles. The standard InChI is InChI=1S/C29H42N2O2/c1-5-30(6-2)27(33)24-14-13-22-21-12-15-25-29(4,23(21)16-18-28(22,24)3)19-17-26(32)31(25)20-10-8-7-9-11-20/h7-11,21-25H,5-6,12-19H2,1-4H3/t21?,22?,23?,24-,25?,28?,29?/m1/s1. The molecule has 5 rings (SSSR count). The summed E-state index contributed by atoms with van der Waals surface area (Å²) < 4.78 is 0. The summed E-state index contributed by atoms with van der Waals surface area (Å²) >= 11 is 0. The van der Waals surface area contributed by atoms with Crippen molar-refractivity contribution in [3.05, 3.63) is 30.3 Å². The maximum atomic E-state index is 13.4. The number of benzene rings is 1. The molecule has 1 heterocycles. The Morgan fingerprint density at radius 3 is 2.33 bits per heavy atom. The number of piperidine rings is 1. The Balaban J connectivity index is 1.42. The molecule has 1 aromatic rings. The lowest BCUT2D eigenvalue weighted by Gasteiger charge is -2.62. The molecule has 0 spiro atoms. The van der Waals surface area contributed by atoms with Crippen LogP contribution in [0.5, 0.6) is 0 Å². The number of rotatable bonds is 4. The van der Waals surface area contributed by atoms with Gasteiger partial charge in [0.15, 0.2) is 0 Å². The van der Waals surface area contributed by atoms with Crippen LogP contribution in [0.3, 0.4) is 0 Å². The molecule has 33 heavy (non-hydrogen) atoms. The molecule has 180 valence electrons. The van der Waals surface area contributed by atoms with Crippen molar-refractivity contribution < 1.29 is 9.59 Å². The molecule has 0 bridgehead atoms. The average molecular weight is 451 g/mol. The van der Waals surface area contributed by atoms with Crippen LogP contribution in [0.25, 0.3) is 0 Å². The summed E-state index contributed by atoms with van der Waals surface area (Å²) in [5.74, 6) is 2.92. The topological polar surface area (TPSA) is 40.6 Å². The zero-order chi connectivity index (χ0) is 23.4. The number of amides is 2. The molecular formula is C29H42N2O2. The van der Waals surface area contributed by atoms with E-state index in [1.54, 1.807) is 0 Å². The first-order valence-corrected chi connectivity index (χ1v) is 13.5. The van der Waals surface area contributed by atoms with Crippen molar-refractivity contribution in [1.29, 1.82) is 0 Å². The van der Waals surface area contributed by atoms with E-state index in [1.165, 1.54) is 19.3 Å². The van der Waals surface area contributed by atoms with E-state index in [-0.39, 0.29) is 16.7 Å². The predicted molar refractivity (Wildman–Crippen MR) is 133 cm³/mol. The monoisotopic (exact) mass is 450 g/mol. The van der Waals surface area contributed by atoms with E-state index >= 15 is 0 Å². The van der Waals surface area contributed by atoms with Gasteiger partial charge < -0.3 is 9.80 Å². The number of para-hydroxylation sites is 1.